The van der Waals surface area contributed by atoms with Gasteiger partial charge in [0.25, 0.3) is 0 Å². The zero-order valence-corrected chi connectivity index (χ0v) is 14.7. The standard InChI is InChI=1S/C22H25NO2/c1-15-3-2-4-21(11-15)25-20-9-7-19(8-10-20)23-22(24)14-18-13-16-5-6-17(18)12-16/h2-4,7-11,16-18H,5-6,12-14H2,1H3,(H,23,24)/t16-,17-,18-/m1/s1. The van der Waals surface area contributed by atoms with Crippen molar-refractivity contribution >= 4 is 11.6 Å². The highest BCUT2D eigenvalue weighted by molar-refractivity contribution is 5.90. The molecular formula is C22H25NO2. The van der Waals surface area contributed by atoms with E-state index in [0.29, 0.717) is 12.3 Å². The first-order valence-corrected chi connectivity index (χ1v) is 9.30. The molecule has 2 aliphatic rings. The fourth-order valence-corrected chi connectivity index (χ4v) is 4.50. The smallest absolute Gasteiger partial charge is 0.224 e. The SMILES string of the molecule is Cc1cccc(Oc2ccc(NC(=O)C[C@H]3C[C@@H]4CC[C@@H]3C4)cc2)c1. The van der Waals surface area contributed by atoms with E-state index in [4.69, 9.17) is 4.74 Å². The van der Waals surface area contributed by atoms with Gasteiger partial charge in [-0.25, -0.2) is 0 Å². The third-order valence-corrected chi connectivity index (χ3v) is 5.70. The van der Waals surface area contributed by atoms with Crippen molar-refractivity contribution in [3.8, 4) is 11.5 Å². The number of amides is 1. The van der Waals surface area contributed by atoms with Crippen molar-refractivity contribution in [2.24, 2.45) is 17.8 Å². The topological polar surface area (TPSA) is 38.3 Å². The van der Waals surface area contributed by atoms with Crippen LogP contribution in [0.15, 0.2) is 48.5 Å². The van der Waals surface area contributed by atoms with E-state index in [1.807, 2.05) is 55.5 Å². The Morgan fingerprint density at radius 2 is 1.92 bits per heavy atom. The number of benzene rings is 2. The Bertz CT molecular complexity index is 753. The summed E-state index contributed by atoms with van der Waals surface area (Å²) >= 11 is 0. The van der Waals surface area contributed by atoms with Crippen LogP contribution in [0.4, 0.5) is 5.69 Å². The lowest BCUT2D eigenvalue weighted by molar-refractivity contribution is -0.117. The average Bonchev–Trinajstić information content (AvgIpc) is 3.19. The highest BCUT2D eigenvalue weighted by Gasteiger charge is 2.40. The van der Waals surface area contributed by atoms with E-state index >= 15 is 0 Å². The van der Waals surface area contributed by atoms with Crippen molar-refractivity contribution in [3.63, 3.8) is 0 Å². The molecule has 3 atom stereocenters. The van der Waals surface area contributed by atoms with Gasteiger partial charge in [0.05, 0.1) is 0 Å². The average molecular weight is 335 g/mol. The van der Waals surface area contributed by atoms with Gasteiger partial charge in [-0.2, -0.15) is 0 Å². The third kappa shape index (κ3) is 3.87. The lowest BCUT2D eigenvalue weighted by Gasteiger charge is -2.20. The Kier molecular flexibility index (Phi) is 4.48. The van der Waals surface area contributed by atoms with Crippen LogP contribution in [0.5, 0.6) is 11.5 Å². The highest BCUT2D eigenvalue weighted by atomic mass is 16.5. The molecule has 2 aromatic carbocycles. The van der Waals surface area contributed by atoms with Gasteiger partial charge in [0, 0.05) is 12.1 Å². The maximum Gasteiger partial charge on any atom is 0.224 e. The van der Waals surface area contributed by atoms with E-state index in [-0.39, 0.29) is 5.91 Å². The first-order valence-electron chi connectivity index (χ1n) is 9.30. The van der Waals surface area contributed by atoms with Gasteiger partial charge in [-0.3, -0.25) is 4.79 Å². The molecule has 25 heavy (non-hydrogen) atoms. The van der Waals surface area contributed by atoms with Crippen molar-refractivity contribution in [1.29, 1.82) is 0 Å². The Hall–Kier alpha value is -2.29. The molecule has 130 valence electrons. The van der Waals surface area contributed by atoms with Gasteiger partial charge >= 0.3 is 0 Å². The van der Waals surface area contributed by atoms with Crippen LogP contribution in [0.25, 0.3) is 0 Å². The van der Waals surface area contributed by atoms with Crippen LogP contribution < -0.4 is 10.1 Å². The number of ether oxygens (including phenoxy) is 1. The third-order valence-electron chi connectivity index (χ3n) is 5.70. The van der Waals surface area contributed by atoms with E-state index in [1.165, 1.54) is 31.2 Å². The summed E-state index contributed by atoms with van der Waals surface area (Å²) in [6.45, 7) is 2.04. The van der Waals surface area contributed by atoms with Gasteiger partial charge in [0.2, 0.25) is 5.91 Å². The minimum absolute atomic E-state index is 0.143. The first-order chi connectivity index (χ1) is 12.2. The molecule has 4 rings (SSSR count). The molecule has 3 heteroatoms. The minimum Gasteiger partial charge on any atom is -0.457 e. The predicted molar refractivity (Wildman–Crippen MR) is 99.9 cm³/mol. The summed E-state index contributed by atoms with van der Waals surface area (Å²) in [5, 5.41) is 3.03. The van der Waals surface area contributed by atoms with Gasteiger partial charge in [0.1, 0.15) is 11.5 Å². The Labute approximate surface area is 149 Å². The molecular weight excluding hydrogens is 310 g/mol. The predicted octanol–water partition coefficient (Wildman–Crippen LogP) is 5.55. The molecule has 2 bridgehead atoms. The Balaban J connectivity index is 1.31. The normalized spacial score (nSPS) is 24.3. The van der Waals surface area contributed by atoms with E-state index in [9.17, 15) is 4.79 Å². The number of aryl methyl sites for hydroxylation is 1. The van der Waals surface area contributed by atoms with Crippen molar-refractivity contribution in [1.82, 2.24) is 0 Å². The van der Waals surface area contributed by atoms with Crippen LogP contribution in [0, 0.1) is 24.7 Å². The molecule has 0 aromatic heterocycles. The largest absolute Gasteiger partial charge is 0.457 e. The maximum atomic E-state index is 12.3. The van der Waals surface area contributed by atoms with E-state index in [2.05, 4.69) is 5.32 Å². The van der Waals surface area contributed by atoms with E-state index < -0.39 is 0 Å². The van der Waals surface area contributed by atoms with Crippen LogP contribution in [0.1, 0.15) is 37.7 Å². The second-order valence-corrected chi connectivity index (χ2v) is 7.63. The van der Waals surface area contributed by atoms with Crippen LogP contribution in [-0.4, -0.2) is 5.91 Å². The molecule has 3 nitrogen and oxygen atoms in total. The fraction of sp³-hybridized carbons (Fsp3) is 0.409. The summed E-state index contributed by atoms with van der Waals surface area (Å²) in [7, 11) is 0. The van der Waals surface area contributed by atoms with Crippen molar-refractivity contribution in [2.45, 2.75) is 39.0 Å². The molecule has 2 aromatic rings. The molecule has 0 saturated heterocycles. The zero-order valence-electron chi connectivity index (χ0n) is 14.7. The molecule has 0 spiro atoms. The molecule has 2 saturated carbocycles. The molecule has 2 fully saturated rings. The summed E-state index contributed by atoms with van der Waals surface area (Å²) in [4.78, 5) is 12.3. The van der Waals surface area contributed by atoms with Gasteiger partial charge in [-0.15, -0.1) is 0 Å². The van der Waals surface area contributed by atoms with E-state index in [1.54, 1.807) is 0 Å². The van der Waals surface area contributed by atoms with Gasteiger partial charge in [0.15, 0.2) is 0 Å². The summed E-state index contributed by atoms with van der Waals surface area (Å²) in [5.74, 6) is 4.03. The molecule has 2 aliphatic carbocycles. The number of hydrogen-bond acceptors (Lipinski definition) is 2. The molecule has 1 amide bonds. The number of rotatable bonds is 5. The number of hydrogen-bond donors (Lipinski definition) is 1. The van der Waals surface area contributed by atoms with Crippen LogP contribution in [0.2, 0.25) is 0 Å². The highest BCUT2D eigenvalue weighted by Crippen LogP contribution is 2.49. The van der Waals surface area contributed by atoms with Crippen LogP contribution in [-0.2, 0) is 4.79 Å². The minimum atomic E-state index is 0.143. The van der Waals surface area contributed by atoms with Crippen molar-refractivity contribution in [3.05, 3.63) is 54.1 Å². The second kappa shape index (κ2) is 6.91. The number of carbonyl (C=O) groups is 1. The Morgan fingerprint density at radius 3 is 2.60 bits per heavy atom. The summed E-state index contributed by atoms with van der Waals surface area (Å²) < 4.78 is 5.85. The van der Waals surface area contributed by atoms with E-state index in [0.717, 1.165) is 29.0 Å². The molecule has 1 N–H and O–H groups in total. The molecule has 0 unspecified atom stereocenters. The van der Waals surface area contributed by atoms with Crippen LogP contribution >= 0.6 is 0 Å². The first kappa shape index (κ1) is 16.2. The summed E-state index contributed by atoms with van der Waals surface area (Å²) in [6.07, 6.45) is 5.98. The molecule has 0 aliphatic heterocycles. The maximum absolute atomic E-state index is 12.3. The fourth-order valence-electron chi connectivity index (χ4n) is 4.50. The lowest BCUT2D eigenvalue weighted by atomic mass is 9.86. The van der Waals surface area contributed by atoms with Gasteiger partial charge in [-0.05, 0) is 85.9 Å². The summed E-state index contributed by atoms with van der Waals surface area (Å²) in [5.41, 5.74) is 2.01. The second-order valence-electron chi connectivity index (χ2n) is 7.63. The number of carbonyl (C=O) groups excluding carboxylic acids is 1. The zero-order chi connectivity index (χ0) is 17.2. The Morgan fingerprint density at radius 1 is 1.08 bits per heavy atom. The quantitative estimate of drug-likeness (QED) is 0.777. The number of anilines is 1. The van der Waals surface area contributed by atoms with Crippen LogP contribution in [0.3, 0.4) is 0 Å². The molecule has 0 radical (unpaired) electrons. The summed E-state index contributed by atoms with van der Waals surface area (Å²) in [6, 6.07) is 15.6. The van der Waals surface area contributed by atoms with Gasteiger partial charge in [-0.1, -0.05) is 18.6 Å². The van der Waals surface area contributed by atoms with Crippen molar-refractivity contribution in [2.75, 3.05) is 5.32 Å². The number of fused-ring (bicyclic) bond motifs is 2. The van der Waals surface area contributed by atoms with Crippen molar-refractivity contribution < 1.29 is 9.53 Å². The molecule has 0 heterocycles. The van der Waals surface area contributed by atoms with Gasteiger partial charge < -0.3 is 10.1 Å². The number of nitrogens with one attached hydrogen (secondary N) is 1. The lowest BCUT2D eigenvalue weighted by Crippen LogP contribution is -2.20. The monoisotopic (exact) mass is 335 g/mol.